The molecule has 2 rings (SSSR count). The maximum Gasteiger partial charge on any atom is 0.339 e. The van der Waals surface area contributed by atoms with E-state index in [1.54, 1.807) is 12.1 Å². The van der Waals surface area contributed by atoms with E-state index in [0.717, 1.165) is 15.2 Å². The van der Waals surface area contributed by atoms with Gasteiger partial charge in [-0.15, -0.1) is 0 Å². The maximum atomic E-state index is 11.0. The summed E-state index contributed by atoms with van der Waals surface area (Å²) in [5.41, 5.74) is 0.178. The molecule has 16 heavy (non-hydrogen) atoms. The van der Waals surface area contributed by atoms with Crippen molar-refractivity contribution in [2.75, 3.05) is 7.11 Å². The van der Waals surface area contributed by atoms with Crippen molar-refractivity contribution in [3.05, 3.63) is 40.4 Å². The summed E-state index contributed by atoms with van der Waals surface area (Å²) in [6.45, 7) is 0. The van der Waals surface area contributed by atoms with E-state index in [0.29, 0.717) is 5.75 Å². The predicted octanol–water partition coefficient (Wildman–Crippen LogP) is 3.31. The Labute approximate surface area is 101 Å². The summed E-state index contributed by atoms with van der Waals surface area (Å²) in [6.07, 6.45) is 0. The zero-order chi connectivity index (χ0) is 11.7. The van der Waals surface area contributed by atoms with Gasteiger partial charge in [0, 0.05) is 9.86 Å². The molecule has 0 aliphatic carbocycles. The Morgan fingerprint density at radius 3 is 2.69 bits per heavy atom. The minimum Gasteiger partial charge on any atom is -0.495 e. The van der Waals surface area contributed by atoms with E-state index in [1.165, 1.54) is 7.11 Å². The van der Waals surface area contributed by atoms with Crippen molar-refractivity contribution < 1.29 is 14.6 Å². The Kier molecular flexibility index (Phi) is 2.83. The lowest BCUT2D eigenvalue weighted by Gasteiger charge is -2.09. The fraction of sp³-hybridized carbons (Fsp3) is 0.0833. The Morgan fingerprint density at radius 1 is 1.31 bits per heavy atom. The normalized spacial score (nSPS) is 10.4. The summed E-state index contributed by atoms with van der Waals surface area (Å²) in [6, 6.07) is 8.94. The van der Waals surface area contributed by atoms with Gasteiger partial charge in [-0.05, 0) is 29.7 Å². The van der Waals surface area contributed by atoms with E-state index >= 15 is 0 Å². The summed E-state index contributed by atoms with van der Waals surface area (Å²) >= 11 is 3.37. The molecule has 4 heteroatoms. The van der Waals surface area contributed by atoms with Gasteiger partial charge in [0.2, 0.25) is 0 Å². The van der Waals surface area contributed by atoms with Crippen LogP contribution in [-0.2, 0) is 0 Å². The Hall–Kier alpha value is -1.55. The first-order valence-corrected chi connectivity index (χ1v) is 5.42. The zero-order valence-electron chi connectivity index (χ0n) is 8.53. The topological polar surface area (TPSA) is 46.5 Å². The fourth-order valence-electron chi connectivity index (χ4n) is 1.66. The molecule has 0 atom stereocenters. The molecule has 0 fully saturated rings. The smallest absolute Gasteiger partial charge is 0.339 e. The van der Waals surface area contributed by atoms with Gasteiger partial charge in [0.25, 0.3) is 0 Å². The van der Waals surface area contributed by atoms with Crippen molar-refractivity contribution in [1.29, 1.82) is 0 Å². The maximum absolute atomic E-state index is 11.0. The second-order valence-electron chi connectivity index (χ2n) is 3.32. The third kappa shape index (κ3) is 1.76. The lowest BCUT2D eigenvalue weighted by Crippen LogP contribution is -2.00. The van der Waals surface area contributed by atoms with Gasteiger partial charge in [0.05, 0.1) is 7.11 Å². The first-order valence-electron chi connectivity index (χ1n) is 4.63. The number of benzene rings is 2. The fourth-order valence-corrected chi connectivity index (χ4v) is 2.04. The molecule has 0 amide bonds. The first-order chi connectivity index (χ1) is 7.63. The number of carboxylic acid groups (broad SMARTS) is 1. The second-order valence-corrected chi connectivity index (χ2v) is 4.23. The van der Waals surface area contributed by atoms with Crippen LogP contribution in [0.1, 0.15) is 10.4 Å². The van der Waals surface area contributed by atoms with Crippen molar-refractivity contribution in [1.82, 2.24) is 0 Å². The number of carboxylic acids is 1. The van der Waals surface area contributed by atoms with Gasteiger partial charge in [-0.2, -0.15) is 0 Å². The molecule has 3 nitrogen and oxygen atoms in total. The quantitative estimate of drug-likeness (QED) is 0.918. The van der Waals surface area contributed by atoms with Crippen LogP contribution >= 0.6 is 15.9 Å². The standard InChI is InChI=1S/C12H9BrO3/c1-16-11-9-5-3-8(13)6-7(9)2-4-10(11)12(14)15/h2-6H,1H3,(H,14,15). The highest BCUT2D eigenvalue weighted by atomic mass is 79.9. The summed E-state index contributed by atoms with van der Waals surface area (Å²) in [5, 5.41) is 10.8. The summed E-state index contributed by atoms with van der Waals surface area (Å²) in [7, 11) is 1.48. The largest absolute Gasteiger partial charge is 0.495 e. The van der Waals surface area contributed by atoms with Gasteiger partial charge >= 0.3 is 5.97 Å². The van der Waals surface area contributed by atoms with Crippen molar-refractivity contribution >= 4 is 32.7 Å². The molecule has 0 aliphatic rings. The van der Waals surface area contributed by atoms with E-state index in [2.05, 4.69) is 15.9 Å². The second kappa shape index (κ2) is 4.14. The highest BCUT2D eigenvalue weighted by Gasteiger charge is 2.13. The third-order valence-electron chi connectivity index (χ3n) is 2.37. The van der Waals surface area contributed by atoms with Gasteiger partial charge in [0.15, 0.2) is 0 Å². The van der Waals surface area contributed by atoms with Gasteiger partial charge in [-0.1, -0.05) is 22.0 Å². The molecular formula is C12H9BrO3. The first kappa shape index (κ1) is 11.0. The van der Waals surface area contributed by atoms with Crippen LogP contribution < -0.4 is 4.74 Å². The van der Waals surface area contributed by atoms with Crippen LogP contribution in [0.5, 0.6) is 5.75 Å². The average Bonchev–Trinajstić information content (AvgIpc) is 2.26. The van der Waals surface area contributed by atoms with E-state index < -0.39 is 5.97 Å². The minimum atomic E-state index is -0.985. The summed E-state index contributed by atoms with van der Waals surface area (Å²) in [4.78, 5) is 11.0. The summed E-state index contributed by atoms with van der Waals surface area (Å²) < 4.78 is 6.11. The van der Waals surface area contributed by atoms with E-state index in [4.69, 9.17) is 9.84 Å². The Morgan fingerprint density at radius 2 is 2.06 bits per heavy atom. The van der Waals surface area contributed by atoms with Crippen LogP contribution in [0, 0.1) is 0 Å². The van der Waals surface area contributed by atoms with Crippen molar-refractivity contribution in [2.45, 2.75) is 0 Å². The SMILES string of the molecule is COc1c(C(=O)O)ccc2cc(Br)ccc12. The highest BCUT2D eigenvalue weighted by molar-refractivity contribution is 9.10. The van der Waals surface area contributed by atoms with E-state index in [-0.39, 0.29) is 5.56 Å². The number of fused-ring (bicyclic) bond motifs is 1. The van der Waals surface area contributed by atoms with E-state index in [1.807, 2.05) is 18.2 Å². The minimum absolute atomic E-state index is 0.178. The van der Waals surface area contributed by atoms with Crippen molar-refractivity contribution in [3.8, 4) is 5.75 Å². The number of aromatic carboxylic acids is 1. The number of hydrogen-bond donors (Lipinski definition) is 1. The summed E-state index contributed by atoms with van der Waals surface area (Å²) in [5.74, 6) is -0.584. The predicted molar refractivity (Wildman–Crippen MR) is 65.2 cm³/mol. The molecule has 0 unspecified atom stereocenters. The molecule has 0 saturated heterocycles. The molecule has 0 heterocycles. The molecule has 0 bridgehead atoms. The van der Waals surface area contributed by atoms with Crippen molar-refractivity contribution in [3.63, 3.8) is 0 Å². The zero-order valence-corrected chi connectivity index (χ0v) is 10.1. The Bertz CT molecular complexity index is 563. The lowest BCUT2D eigenvalue weighted by atomic mass is 10.1. The number of ether oxygens (including phenoxy) is 1. The van der Waals surface area contributed by atoms with Gasteiger partial charge in [0.1, 0.15) is 11.3 Å². The van der Waals surface area contributed by atoms with Gasteiger partial charge in [-0.3, -0.25) is 0 Å². The molecule has 82 valence electrons. The highest BCUT2D eigenvalue weighted by Crippen LogP contribution is 2.31. The average molecular weight is 281 g/mol. The third-order valence-corrected chi connectivity index (χ3v) is 2.86. The van der Waals surface area contributed by atoms with Crippen LogP contribution in [0.3, 0.4) is 0 Å². The number of methoxy groups -OCH3 is 1. The molecule has 0 saturated carbocycles. The number of halogens is 1. The van der Waals surface area contributed by atoms with Crippen LogP contribution in [0.25, 0.3) is 10.8 Å². The monoisotopic (exact) mass is 280 g/mol. The van der Waals surface area contributed by atoms with Gasteiger partial charge in [-0.25, -0.2) is 4.79 Å². The lowest BCUT2D eigenvalue weighted by molar-refractivity contribution is 0.0693. The van der Waals surface area contributed by atoms with Crippen molar-refractivity contribution in [2.24, 2.45) is 0 Å². The van der Waals surface area contributed by atoms with Crippen LogP contribution in [0.2, 0.25) is 0 Å². The number of rotatable bonds is 2. The number of carbonyl (C=O) groups is 1. The Balaban J connectivity index is 2.80. The van der Waals surface area contributed by atoms with Gasteiger partial charge < -0.3 is 9.84 Å². The molecule has 2 aromatic carbocycles. The molecule has 0 spiro atoms. The molecule has 2 aromatic rings. The molecule has 0 radical (unpaired) electrons. The van der Waals surface area contributed by atoms with Crippen LogP contribution in [0.4, 0.5) is 0 Å². The van der Waals surface area contributed by atoms with Crippen LogP contribution in [0.15, 0.2) is 34.8 Å². The molecule has 0 aromatic heterocycles. The number of hydrogen-bond acceptors (Lipinski definition) is 2. The van der Waals surface area contributed by atoms with Crippen LogP contribution in [-0.4, -0.2) is 18.2 Å². The molecular weight excluding hydrogens is 272 g/mol. The van der Waals surface area contributed by atoms with E-state index in [9.17, 15) is 4.79 Å². The molecule has 0 aliphatic heterocycles. The molecule has 1 N–H and O–H groups in total.